The summed E-state index contributed by atoms with van der Waals surface area (Å²) in [6.07, 6.45) is 3.85. The third kappa shape index (κ3) is 2.26. The molecule has 3 rings (SSSR count). The lowest BCUT2D eigenvalue weighted by Crippen LogP contribution is -2.52. The molecule has 2 aliphatic rings. The number of aromatic nitrogens is 2. The molecule has 0 amide bonds. The molecule has 0 radical (unpaired) electrons. The van der Waals surface area contributed by atoms with E-state index in [4.69, 9.17) is 23.2 Å². The molecule has 0 aromatic carbocycles. The van der Waals surface area contributed by atoms with Gasteiger partial charge in [-0.25, -0.2) is 9.97 Å². The third-order valence-corrected chi connectivity index (χ3v) is 4.89. The van der Waals surface area contributed by atoms with Crippen molar-refractivity contribution in [1.82, 2.24) is 9.97 Å². The average molecular weight is 318 g/mol. The Kier molecular flexibility index (Phi) is 3.79. The number of rotatable bonds is 3. The van der Waals surface area contributed by atoms with E-state index >= 15 is 0 Å². The molecule has 3 atom stereocenters. The summed E-state index contributed by atoms with van der Waals surface area (Å²) in [7, 11) is 0. The summed E-state index contributed by atoms with van der Waals surface area (Å²) >= 11 is 11.9. The van der Waals surface area contributed by atoms with Crippen LogP contribution in [0.3, 0.4) is 0 Å². The molecule has 3 unspecified atom stereocenters. The second-order valence-corrected chi connectivity index (χ2v) is 6.33. The van der Waals surface area contributed by atoms with E-state index < -0.39 is 0 Å². The van der Waals surface area contributed by atoms with Gasteiger partial charge in [0.25, 0.3) is 0 Å². The Morgan fingerprint density at radius 1 is 1.30 bits per heavy atom. The number of anilines is 1. The summed E-state index contributed by atoms with van der Waals surface area (Å²) < 4.78 is 0. The molecule has 1 aromatic heterocycles. The van der Waals surface area contributed by atoms with Gasteiger partial charge in [0.15, 0.2) is 0 Å². The number of hydrogen-bond donors (Lipinski definition) is 2. The Balaban J connectivity index is 2.01. The van der Waals surface area contributed by atoms with Crippen molar-refractivity contribution in [2.45, 2.75) is 37.3 Å². The molecule has 1 saturated carbocycles. The highest BCUT2D eigenvalue weighted by atomic mass is 35.5. The largest absolute Gasteiger partial charge is 0.396 e. The minimum Gasteiger partial charge on any atom is -0.396 e. The molecule has 1 aromatic rings. The minimum atomic E-state index is -0.110. The summed E-state index contributed by atoms with van der Waals surface area (Å²) in [5.74, 6) is 0.870. The smallest absolute Gasteiger partial charge is 0.225 e. The normalized spacial score (nSPS) is 32.7. The van der Waals surface area contributed by atoms with Crippen LogP contribution >= 0.6 is 23.2 Å². The quantitative estimate of drug-likeness (QED) is 0.658. The molecule has 2 fully saturated rings. The van der Waals surface area contributed by atoms with E-state index in [-0.39, 0.29) is 36.0 Å². The maximum absolute atomic E-state index is 9.67. The molecule has 1 spiro atoms. The van der Waals surface area contributed by atoms with Crippen LogP contribution in [0.1, 0.15) is 25.7 Å². The van der Waals surface area contributed by atoms with Crippen LogP contribution in [0, 0.1) is 5.92 Å². The Bertz CT molecular complexity index is 496. The lowest BCUT2D eigenvalue weighted by Gasteiger charge is -2.44. The highest BCUT2D eigenvalue weighted by Gasteiger charge is 2.60. The zero-order valence-corrected chi connectivity index (χ0v) is 12.5. The molecular weight excluding hydrogens is 301 g/mol. The summed E-state index contributed by atoms with van der Waals surface area (Å²) in [6.45, 7) is 0.209. The topological polar surface area (TPSA) is 69.5 Å². The number of nitrogens with zero attached hydrogens (tertiary/aromatic N) is 3. The van der Waals surface area contributed by atoms with E-state index in [1.54, 1.807) is 6.07 Å². The maximum Gasteiger partial charge on any atom is 0.225 e. The Hall–Kier alpha value is -0.620. The molecule has 7 heteroatoms. The van der Waals surface area contributed by atoms with Crippen molar-refractivity contribution < 1.29 is 10.2 Å². The first-order valence-electron chi connectivity index (χ1n) is 6.82. The van der Waals surface area contributed by atoms with Crippen LogP contribution < -0.4 is 4.90 Å². The van der Waals surface area contributed by atoms with E-state index in [1.165, 1.54) is 0 Å². The molecule has 1 aliphatic heterocycles. The van der Waals surface area contributed by atoms with Gasteiger partial charge in [-0.15, -0.1) is 0 Å². The molecular formula is C13H17Cl2N3O2. The average Bonchev–Trinajstić information content (AvgIpc) is 3.10. The zero-order valence-electron chi connectivity index (χ0n) is 11.0. The van der Waals surface area contributed by atoms with Gasteiger partial charge in [-0.3, -0.25) is 0 Å². The van der Waals surface area contributed by atoms with Gasteiger partial charge >= 0.3 is 0 Å². The summed E-state index contributed by atoms with van der Waals surface area (Å²) in [6, 6.07) is 1.66. The summed E-state index contributed by atoms with van der Waals surface area (Å²) in [5.41, 5.74) is -0.110. The van der Waals surface area contributed by atoms with Crippen molar-refractivity contribution in [1.29, 1.82) is 0 Å². The molecule has 2 N–H and O–H groups in total. The van der Waals surface area contributed by atoms with Crippen LogP contribution in [0.2, 0.25) is 10.4 Å². The Morgan fingerprint density at radius 2 is 2.10 bits per heavy atom. The van der Waals surface area contributed by atoms with Gasteiger partial charge in [0.1, 0.15) is 11.0 Å². The van der Waals surface area contributed by atoms with E-state index in [2.05, 4.69) is 14.9 Å². The number of piperidine rings is 1. The SMILES string of the molecule is OCC1CCCC2(CC2CO)N1c1cc(Cl)nc(Cl)n1. The van der Waals surface area contributed by atoms with E-state index in [0.29, 0.717) is 11.0 Å². The van der Waals surface area contributed by atoms with Crippen molar-refractivity contribution >= 4 is 29.0 Å². The van der Waals surface area contributed by atoms with Crippen molar-refractivity contribution in [3.63, 3.8) is 0 Å². The van der Waals surface area contributed by atoms with Gasteiger partial charge in [0.2, 0.25) is 5.28 Å². The molecule has 2 heterocycles. The Morgan fingerprint density at radius 3 is 2.70 bits per heavy atom. The van der Waals surface area contributed by atoms with E-state index in [0.717, 1.165) is 25.7 Å². The molecule has 0 bridgehead atoms. The number of hydrogen-bond acceptors (Lipinski definition) is 5. The van der Waals surface area contributed by atoms with Crippen molar-refractivity contribution in [2.75, 3.05) is 18.1 Å². The first-order chi connectivity index (χ1) is 9.60. The second kappa shape index (κ2) is 5.30. The fraction of sp³-hybridized carbons (Fsp3) is 0.692. The molecule has 1 aliphatic carbocycles. The molecule has 1 saturated heterocycles. The van der Waals surface area contributed by atoms with E-state index in [1.807, 2.05) is 0 Å². The lowest BCUT2D eigenvalue weighted by atomic mass is 9.92. The first-order valence-corrected chi connectivity index (χ1v) is 7.57. The molecule has 20 heavy (non-hydrogen) atoms. The standard InChI is InChI=1S/C13H17Cl2N3O2/c14-10-4-11(17-12(15)16-10)18-9(7-20)2-1-3-13(18)5-8(13)6-19/h4,8-9,19-20H,1-3,5-7H2. The monoisotopic (exact) mass is 317 g/mol. The van der Waals surface area contributed by atoms with Gasteiger partial charge in [-0.05, 0) is 37.3 Å². The fourth-order valence-corrected chi connectivity index (χ4v) is 3.95. The van der Waals surface area contributed by atoms with E-state index in [9.17, 15) is 10.2 Å². The lowest BCUT2D eigenvalue weighted by molar-refractivity contribution is 0.201. The predicted octanol–water partition coefficient (Wildman–Crippen LogP) is 1.89. The van der Waals surface area contributed by atoms with Crippen molar-refractivity contribution in [3.8, 4) is 0 Å². The van der Waals surface area contributed by atoms with Gasteiger partial charge < -0.3 is 15.1 Å². The van der Waals surface area contributed by atoms with Crippen molar-refractivity contribution in [3.05, 3.63) is 16.5 Å². The predicted molar refractivity (Wildman–Crippen MR) is 77.2 cm³/mol. The van der Waals surface area contributed by atoms with Crippen LogP contribution in [0.5, 0.6) is 0 Å². The highest BCUT2D eigenvalue weighted by molar-refractivity contribution is 6.32. The van der Waals surface area contributed by atoms with Crippen LogP contribution in [0.15, 0.2) is 6.07 Å². The van der Waals surface area contributed by atoms with Crippen LogP contribution in [0.4, 0.5) is 5.82 Å². The van der Waals surface area contributed by atoms with Gasteiger partial charge in [0.05, 0.1) is 12.6 Å². The van der Waals surface area contributed by atoms with Gasteiger partial charge in [0, 0.05) is 24.1 Å². The van der Waals surface area contributed by atoms with Gasteiger partial charge in [-0.1, -0.05) is 11.6 Å². The van der Waals surface area contributed by atoms with Crippen LogP contribution in [-0.4, -0.2) is 45.0 Å². The number of aliphatic hydroxyl groups is 2. The fourth-order valence-electron chi connectivity index (χ4n) is 3.55. The van der Waals surface area contributed by atoms with Gasteiger partial charge in [-0.2, -0.15) is 0 Å². The van der Waals surface area contributed by atoms with Crippen LogP contribution in [0.25, 0.3) is 0 Å². The summed E-state index contributed by atoms with van der Waals surface area (Å²) in [4.78, 5) is 10.2. The summed E-state index contributed by atoms with van der Waals surface area (Å²) in [5, 5.41) is 19.5. The van der Waals surface area contributed by atoms with Crippen molar-refractivity contribution in [2.24, 2.45) is 5.92 Å². The number of aliphatic hydroxyl groups excluding tert-OH is 2. The highest BCUT2D eigenvalue weighted by Crippen LogP contribution is 2.56. The zero-order chi connectivity index (χ0) is 14.3. The second-order valence-electron chi connectivity index (χ2n) is 5.60. The molecule has 110 valence electrons. The number of halogens is 2. The van der Waals surface area contributed by atoms with Crippen LogP contribution in [-0.2, 0) is 0 Å². The minimum absolute atomic E-state index is 0.0117. The maximum atomic E-state index is 9.67. The Labute approximate surface area is 127 Å². The molecule has 5 nitrogen and oxygen atoms in total. The first kappa shape index (κ1) is 14.3. The third-order valence-electron chi connectivity index (χ3n) is 4.52.